The highest BCUT2D eigenvalue weighted by molar-refractivity contribution is 7.98. The van der Waals surface area contributed by atoms with Gasteiger partial charge in [-0.3, -0.25) is 4.79 Å². The molecular formula is C24H24N4O4S2. The van der Waals surface area contributed by atoms with Crippen LogP contribution in [0.25, 0.3) is 11.0 Å². The van der Waals surface area contributed by atoms with Crippen molar-refractivity contribution in [2.45, 2.75) is 15.8 Å². The number of hydrogen-bond acceptors (Lipinski definition) is 6. The van der Waals surface area contributed by atoms with Crippen molar-refractivity contribution < 1.29 is 17.6 Å². The summed E-state index contributed by atoms with van der Waals surface area (Å²) in [4.78, 5) is 19.8. The molecule has 5 rings (SSSR count). The summed E-state index contributed by atoms with van der Waals surface area (Å²) in [5, 5.41) is 1.75. The zero-order valence-electron chi connectivity index (χ0n) is 18.6. The summed E-state index contributed by atoms with van der Waals surface area (Å²) in [6.07, 6.45) is 3.62. The van der Waals surface area contributed by atoms with Crippen LogP contribution in [0.15, 0.2) is 81.5 Å². The number of nitrogens with zero attached hydrogens (tertiary/aromatic N) is 4. The number of para-hydroxylation sites is 1. The van der Waals surface area contributed by atoms with E-state index in [9.17, 15) is 13.2 Å². The first-order valence-electron chi connectivity index (χ1n) is 10.9. The maximum Gasteiger partial charge on any atom is 0.290 e. The molecule has 34 heavy (non-hydrogen) atoms. The maximum absolute atomic E-state index is 13.5. The van der Waals surface area contributed by atoms with Crippen LogP contribution in [0.4, 0.5) is 0 Å². The van der Waals surface area contributed by atoms with E-state index in [1.807, 2.05) is 42.1 Å². The average molecular weight is 497 g/mol. The number of sulfonamides is 1. The lowest BCUT2D eigenvalue weighted by Crippen LogP contribution is -2.50. The minimum Gasteiger partial charge on any atom is -0.451 e. The van der Waals surface area contributed by atoms with Gasteiger partial charge in [-0.1, -0.05) is 48.2 Å². The summed E-state index contributed by atoms with van der Waals surface area (Å²) in [5.41, 5.74) is 1.49. The molecule has 0 saturated carbocycles. The molecule has 1 aliphatic heterocycles. The van der Waals surface area contributed by atoms with Crippen molar-refractivity contribution >= 4 is 38.7 Å². The van der Waals surface area contributed by atoms with Gasteiger partial charge in [0, 0.05) is 62.3 Å². The van der Waals surface area contributed by atoms with Crippen LogP contribution >= 0.6 is 11.8 Å². The Kier molecular flexibility index (Phi) is 6.20. The number of carbonyl (C=O) groups excluding carboxylic acids is 1. The molecule has 3 heterocycles. The molecule has 8 nitrogen and oxygen atoms in total. The first-order valence-corrected chi connectivity index (χ1v) is 13.3. The molecule has 0 atom stereocenters. The van der Waals surface area contributed by atoms with Crippen molar-refractivity contribution in [1.82, 2.24) is 18.8 Å². The molecule has 0 radical (unpaired) electrons. The number of aryl methyl sites for hydroxylation is 1. The first-order chi connectivity index (χ1) is 16.4. The fourth-order valence-electron chi connectivity index (χ4n) is 4.06. The van der Waals surface area contributed by atoms with Gasteiger partial charge >= 0.3 is 0 Å². The fraction of sp³-hybridized carbons (Fsp3) is 0.250. The number of carbonyl (C=O) groups is 1. The van der Waals surface area contributed by atoms with Crippen molar-refractivity contribution in [2.75, 3.05) is 26.2 Å². The van der Waals surface area contributed by atoms with Gasteiger partial charge in [-0.2, -0.15) is 4.31 Å². The van der Waals surface area contributed by atoms with Gasteiger partial charge < -0.3 is 13.9 Å². The Hall–Kier alpha value is -3.08. The molecule has 0 unspecified atom stereocenters. The van der Waals surface area contributed by atoms with E-state index in [-0.39, 0.29) is 23.9 Å². The third kappa shape index (κ3) is 4.24. The number of benzene rings is 2. The lowest BCUT2D eigenvalue weighted by atomic mass is 10.1. The third-order valence-corrected chi connectivity index (χ3v) is 8.92. The van der Waals surface area contributed by atoms with E-state index >= 15 is 0 Å². The standard InChI is InChI=1S/C24H24N4O4S2/c1-26-12-11-25-24(26)33-17-20-19-9-5-6-10-21(19)32-22(20)23(29)27-13-15-28(16-14-27)34(30,31)18-7-3-2-4-8-18/h2-12H,13-17H2,1H3. The minimum absolute atomic E-state index is 0.219. The van der Waals surface area contributed by atoms with E-state index in [0.29, 0.717) is 30.2 Å². The number of imidazole rings is 1. The molecule has 0 N–H and O–H groups in total. The van der Waals surface area contributed by atoms with E-state index < -0.39 is 10.0 Å². The molecule has 1 aliphatic rings. The molecule has 1 fully saturated rings. The lowest BCUT2D eigenvalue weighted by Gasteiger charge is -2.33. The number of piperazine rings is 1. The van der Waals surface area contributed by atoms with Crippen molar-refractivity contribution in [2.24, 2.45) is 7.05 Å². The largest absolute Gasteiger partial charge is 0.451 e. The second kappa shape index (κ2) is 9.28. The normalized spacial score (nSPS) is 15.1. The summed E-state index contributed by atoms with van der Waals surface area (Å²) >= 11 is 1.54. The van der Waals surface area contributed by atoms with Gasteiger partial charge in [-0.15, -0.1) is 0 Å². The Morgan fingerprint density at radius 3 is 2.44 bits per heavy atom. The van der Waals surface area contributed by atoms with Gasteiger partial charge in [-0.05, 0) is 18.2 Å². The van der Waals surface area contributed by atoms with Crippen LogP contribution < -0.4 is 0 Å². The molecule has 1 saturated heterocycles. The second-order valence-electron chi connectivity index (χ2n) is 8.02. The smallest absolute Gasteiger partial charge is 0.290 e. The Morgan fingerprint density at radius 1 is 1.03 bits per heavy atom. The molecular weight excluding hydrogens is 472 g/mol. The van der Waals surface area contributed by atoms with Crippen molar-refractivity contribution in [1.29, 1.82) is 0 Å². The molecule has 176 valence electrons. The summed E-state index contributed by atoms with van der Waals surface area (Å²) in [5.74, 6) is 0.622. The molecule has 4 aromatic rings. The van der Waals surface area contributed by atoms with Crippen molar-refractivity contribution in [3.63, 3.8) is 0 Å². The number of furan rings is 1. The molecule has 1 amide bonds. The summed E-state index contributed by atoms with van der Waals surface area (Å²) < 4.78 is 35.2. The zero-order chi connectivity index (χ0) is 23.7. The first kappa shape index (κ1) is 22.7. The van der Waals surface area contributed by atoms with Crippen LogP contribution in [-0.2, 0) is 22.8 Å². The number of thioether (sulfide) groups is 1. The zero-order valence-corrected chi connectivity index (χ0v) is 20.3. The van der Waals surface area contributed by atoms with Crippen LogP contribution in [-0.4, -0.2) is 59.3 Å². The minimum atomic E-state index is -3.58. The Labute approximate surface area is 202 Å². The fourth-order valence-corrected chi connectivity index (χ4v) is 6.46. The molecule has 0 aliphatic carbocycles. The van der Waals surface area contributed by atoms with Crippen LogP contribution in [0.3, 0.4) is 0 Å². The quantitative estimate of drug-likeness (QED) is 0.379. The predicted molar refractivity (Wildman–Crippen MR) is 130 cm³/mol. The van der Waals surface area contributed by atoms with Gasteiger partial charge in [0.1, 0.15) is 5.58 Å². The SMILES string of the molecule is Cn1ccnc1SCc1c(C(=O)N2CCN(S(=O)(=O)c3ccccc3)CC2)oc2ccccc12. The van der Waals surface area contributed by atoms with Crippen LogP contribution in [0.1, 0.15) is 16.1 Å². The topological polar surface area (TPSA) is 88.7 Å². The van der Waals surface area contributed by atoms with Gasteiger partial charge in [0.05, 0.1) is 4.90 Å². The van der Waals surface area contributed by atoms with E-state index in [1.165, 1.54) is 16.1 Å². The number of fused-ring (bicyclic) bond motifs is 1. The molecule has 0 spiro atoms. The second-order valence-corrected chi connectivity index (χ2v) is 10.9. The molecule has 10 heteroatoms. The van der Waals surface area contributed by atoms with Crippen molar-refractivity contribution in [3.05, 3.63) is 78.3 Å². The number of aromatic nitrogens is 2. The number of rotatable bonds is 6. The van der Waals surface area contributed by atoms with Crippen LogP contribution in [0.5, 0.6) is 0 Å². The van der Waals surface area contributed by atoms with Gasteiger partial charge in [-0.25, -0.2) is 13.4 Å². The van der Waals surface area contributed by atoms with Crippen molar-refractivity contribution in [3.8, 4) is 0 Å². The van der Waals surface area contributed by atoms with Gasteiger partial charge in [0.25, 0.3) is 5.91 Å². The number of amides is 1. The molecule has 2 aromatic carbocycles. The number of hydrogen-bond donors (Lipinski definition) is 0. The highest BCUT2D eigenvalue weighted by atomic mass is 32.2. The summed E-state index contributed by atoms with van der Waals surface area (Å²) in [7, 11) is -1.65. The molecule has 2 aromatic heterocycles. The van der Waals surface area contributed by atoms with E-state index in [4.69, 9.17) is 4.42 Å². The summed E-state index contributed by atoms with van der Waals surface area (Å²) in [6.45, 7) is 1.07. The Bertz CT molecular complexity index is 1420. The third-order valence-electron chi connectivity index (χ3n) is 5.92. The van der Waals surface area contributed by atoms with E-state index in [2.05, 4.69) is 4.98 Å². The lowest BCUT2D eigenvalue weighted by molar-refractivity contribution is 0.0667. The molecule has 0 bridgehead atoms. The monoisotopic (exact) mass is 496 g/mol. The highest BCUT2D eigenvalue weighted by Crippen LogP contribution is 2.32. The van der Waals surface area contributed by atoms with Crippen LogP contribution in [0.2, 0.25) is 0 Å². The van der Waals surface area contributed by atoms with Gasteiger partial charge in [0.2, 0.25) is 10.0 Å². The van der Waals surface area contributed by atoms with E-state index in [0.717, 1.165) is 16.1 Å². The Morgan fingerprint density at radius 2 is 1.74 bits per heavy atom. The predicted octanol–water partition coefficient (Wildman–Crippen LogP) is 3.61. The Balaban J connectivity index is 1.35. The highest BCUT2D eigenvalue weighted by Gasteiger charge is 2.32. The van der Waals surface area contributed by atoms with Gasteiger partial charge in [0.15, 0.2) is 10.9 Å². The maximum atomic E-state index is 13.5. The average Bonchev–Trinajstić information content (AvgIpc) is 3.45. The van der Waals surface area contributed by atoms with E-state index in [1.54, 1.807) is 41.4 Å². The summed E-state index contributed by atoms with van der Waals surface area (Å²) in [6, 6.07) is 16.0. The van der Waals surface area contributed by atoms with Crippen LogP contribution in [0, 0.1) is 0 Å².